The van der Waals surface area contributed by atoms with Crippen LogP contribution < -0.4 is 10.6 Å². The summed E-state index contributed by atoms with van der Waals surface area (Å²) in [5.74, 6) is -5.86. The Bertz CT molecular complexity index is 870. The zero-order valence-electron chi connectivity index (χ0n) is 14.1. The van der Waals surface area contributed by atoms with Gasteiger partial charge in [-0.2, -0.15) is 0 Å². The van der Waals surface area contributed by atoms with E-state index in [9.17, 15) is 22.8 Å². The molecule has 1 saturated heterocycles. The number of rotatable bonds is 5. The van der Waals surface area contributed by atoms with Crippen LogP contribution in [0.15, 0.2) is 30.5 Å². The predicted octanol–water partition coefficient (Wildman–Crippen LogP) is 2.66. The first-order valence-corrected chi connectivity index (χ1v) is 8.26. The van der Waals surface area contributed by atoms with Gasteiger partial charge in [-0.15, -0.1) is 0 Å². The van der Waals surface area contributed by atoms with Gasteiger partial charge in [0.05, 0.1) is 11.8 Å². The lowest BCUT2D eigenvalue weighted by molar-refractivity contribution is 0.0857. The SMILES string of the molecule is O=C(NCC1CCCO1)c1ccnc(C(=O)Nc2ccc(F)c(F)c2F)c1. The monoisotopic (exact) mass is 379 g/mol. The van der Waals surface area contributed by atoms with E-state index in [-0.39, 0.29) is 17.4 Å². The molecule has 0 bridgehead atoms. The van der Waals surface area contributed by atoms with Gasteiger partial charge in [0.1, 0.15) is 5.69 Å². The number of anilines is 1. The molecule has 1 aromatic carbocycles. The summed E-state index contributed by atoms with van der Waals surface area (Å²) >= 11 is 0. The molecule has 142 valence electrons. The number of hydrogen-bond acceptors (Lipinski definition) is 4. The molecule has 1 aliphatic heterocycles. The molecule has 2 amide bonds. The van der Waals surface area contributed by atoms with Crippen molar-refractivity contribution in [1.29, 1.82) is 0 Å². The first-order valence-electron chi connectivity index (χ1n) is 8.26. The number of amides is 2. The van der Waals surface area contributed by atoms with Crippen LogP contribution in [0.4, 0.5) is 18.9 Å². The van der Waals surface area contributed by atoms with E-state index in [4.69, 9.17) is 4.74 Å². The first kappa shape index (κ1) is 18.8. The minimum absolute atomic E-state index is 0.0325. The summed E-state index contributed by atoms with van der Waals surface area (Å²) in [6.07, 6.45) is 3.03. The molecule has 2 heterocycles. The molecular formula is C18H16F3N3O3. The number of halogens is 3. The molecule has 9 heteroatoms. The summed E-state index contributed by atoms with van der Waals surface area (Å²) in [6.45, 7) is 1.02. The molecule has 0 spiro atoms. The van der Waals surface area contributed by atoms with Gasteiger partial charge < -0.3 is 15.4 Å². The van der Waals surface area contributed by atoms with Crippen LogP contribution in [0.3, 0.4) is 0 Å². The van der Waals surface area contributed by atoms with Gasteiger partial charge in [0.15, 0.2) is 17.5 Å². The number of carbonyl (C=O) groups is 2. The number of benzene rings is 1. The number of aromatic nitrogens is 1. The third-order valence-electron chi connectivity index (χ3n) is 4.05. The van der Waals surface area contributed by atoms with E-state index < -0.39 is 35.0 Å². The van der Waals surface area contributed by atoms with E-state index in [0.717, 1.165) is 18.9 Å². The first-order chi connectivity index (χ1) is 13.0. The topological polar surface area (TPSA) is 80.3 Å². The van der Waals surface area contributed by atoms with Crippen molar-refractivity contribution in [3.63, 3.8) is 0 Å². The molecule has 2 N–H and O–H groups in total. The zero-order chi connectivity index (χ0) is 19.4. The Morgan fingerprint density at radius 1 is 1.15 bits per heavy atom. The largest absolute Gasteiger partial charge is 0.376 e. The molecule has 1 atom stereocenters. The van der Waals surface area contributed by atoms with Gasteiger partial charge in [0.2, 0.25) is 0 Å². The summed E-state index contributed by atoms with van der Waals surface area (Å²) in [7, 11) is 0. The Hall–Kier alpha value is -2.94. The van der Waals surface area contributed by atoms with Gasteiger partial charge in [-0.25, -0.2) is 13.2 Å². The van der Waals surface area contributed by atoms with Crippen molar-refractivity contribution >= 4 is 17.5 Å². The van der Waals surface area contributed by atoms with Crippen LogP contribution in [0.2, 0.25) is 0 Å². The van der Waals surface area contributed by atoms with Crippen molar-refractivity contribution < 1.29 is 27.5 Å². The molecule has 3 rings (SSSR count). The summed E-state index contributed by atoms with van der Waals surface area (Å²) in [5, 5.41) is 4.81. The normalized spacial score (nSPS) is 16.2. The highest BCUT2D eigenvalue weighted by Crippen LogP contribution is 2.20. The Morgan fingerprint density at radius 3 is 2.70 bits per heavy atom. The maximum absolute atomic E-state index is 13.7. The highest BCUT2D eigenvalue weighted by Gasteiger charge is 2.19. The summed E-state index contributed by atoms with van der Waals surface area (Å²) in [5.41, 5.74) is -0.531. The lowest BCUT2D eigenvalue weighted by Crippen LogP contribution is -2.32. The maximum atomic E-state index is 13.7. The standard InChI is InChI=1S/C18H16F3N3O3/c19-12-3-4-13(16(21)15(12)20)24-18(26)14-8-10(5-6-22-14)17(25)23-9-11-2-1-7-27-11/h3-6,8,11H,1-2,7,9H2,(H,23,25)(H,24,26). The fourth-order valence-electron chi connectivity index (χ4n) is 2.62. The lowest BCUT2D eigenvalue weighted by atomic mass is 10.2. The van der Waals surface area contributed by atoms with Crippen molar-refractivity contribution in [2.75, 3.05) is 18.5 Å². The van der Waals surface area contributed by atoms with Crippen LogP contribution >= 0.6 is 0 Å². The Kier molecular flexibility index (Phi) is 5.70. The number of nitrogens with zero attached hydrogens (tertiary/aromatic N) is 1. The second-order valence-corrected chi connectivity index (χ2v) is 5.95. The van der Waals surface area contributed by atoms with Crippen molar-refractivity contribution in [2.45, 2.75) is 18.9 Å². The third-order valence-corrected chi connectivity index (χ3v) is 4.05. The fraction of sp³-hybridized carbons (Fsp3) is 0.278. The number of nitrogens with one attached hydrogen (secondary N) is 2. The molecule has 2 aromatic rings. The number of ether oxygens (including phenoxy) is 1. The molecular weight excluding hydrogens is 363 g/mol. The second kappa shape index (κ2) is 8.17. The van der Waals surface area contributed by atoms with E-state index >= 15 is 0 Å². The zero-order valence-corrected chi connectivity index (χ0v) is 14.1. The van der Waals surface area contributed by atoms with Crippen molar-refractivity contribution in [2.24, 2.45) is 0 Å². The molecule has 0 saturated carbocycles. The molecule has 1 aliphatic rings. The summed E-state index contributed by atoms with van der Waals surface area (Å²) in [4.78, 5) is 28.2. The predicted molar refractivity (Wildman–Crippen MR) is 89.8 cm³/mol. The number of carbonyl (C=O) groups excluding carboxylic acids is 2. The van der Waals surface area contributed by atoms with Gasteiger partial charge in [-0.3, -0.25) is 14.6 Å². The smallest absolute Gasteiger partial charge is 0.274 e. The summed E-state index contributed by atoms with van der Waals surface area (Å²) in [6, 6.07) is 4.22. The number of hydrogen-bond donors (Lipinski definition) is 2. The van der Waals surface area contributed by atoms with E-state index in [1.165, 1.54) is 18.3 Å². The van der Waals surface area contributed by atoms with Crippen molar-refractivity contribution in [3.05, 3.63) is 59.2 Å². The Labute approximate surface area is 152 Å². The minimum Gasteiger partial charge on any atom is -0.376 e. The second-order valence-electron chi connectivity index (χ2n) is 5.95. The molecule has 27 heavy (non-hydrogen) atoms. The molecule has 6 nitrogen and oxygen atoms in total. The molecule has 1 fully saturated rings. The van der Waals surface area contributed by atoms with Crippen LogP contribution in [0.25, 0.3) is 0 Å². The average molecular weight is 379 g/mol. The van der Waals surface area contributed by atoms with Crippen LogP contribution in [-0.2, 0) is 4.74 Å². The van der Waals surface area contributed by atoms with Crippen LogP contribution in [0.1, 0.15) is 33.7 Å². The molecule has 1 aromatic heterocycles. The van der Waals surface area contributed by atoms with Gasteiger partial charge in [0, 0.05) is 24.9 Å². The molecule has 1 unspecified atom stereocenters. The van der Waals surface area contributed by atoms with E-state index in [1.54, 1.807) is 0 Å². The Balaban J connectivity index is 1.68. The van der Waals surface area contributed by atoms with Crippen LogP contribution in [0, 0.1) is 17.5 Å². The molecule has 0 aliphatic carbocycles. The third kappa shape index (κ3) is 4.43. The fourth-order valence-corrected chi connectivity index (χ4v) is 2.62. The highest BCUT2D eigenvalue weighted by atomic mass is 19.2. The van der Waals surface area contributed by atoms with Crippen LogP contribution in [0.5, 0.6) is 0 Å². The molecule has 0 radical (unpaired) electrons. The lowest BCUT2D eigenvalue weighted by Gasteiger charge is -2.11. The minimum atomic E-state index is -1.69. The van der Waals surface area contributed by atoms with Gasteiger partial charge >= 0.3 is 0 Å². The van der Waals surface area contributed by atoms with Crippen molar-refractivity contribution in [3.8, 4) is 0 Å². The number of pyridine rings is 1. The van der Waals surface area contributed by atoms with E-state index in [2.05, 4.69) is 15.6 Å². The van der Waals surface area contributed by atoms with E-state index in [1.807, 2.05) is 0 Å². The van der Waals surface area contributed by atoms with Gasteiger partial charge in [-0.05, 0) is 37.1 Å². The maximum Gasteiger partial charge on any atom is 0.274 e. The quantitative estimate of drug-likeness (QED) is 0.783. The van der Waals surface area contributed by atoms with Crippen LogP contribution in [-0.4, -0.2) is 36.1 Å². The Morgan fingerprint density at radius 2 is 1.96 bits per heavy atom. The average Bonchev–Trinajstić information content (AvgIpc) is 3.20. The van der Waals surface area contributed by atoms with Gasteiger partial charge in [-0.1, -0.05) is 0 Å². The van der Waals surface area contributed by atoms with E-state index in [0.29, 0.717) is 19.2 Å². The van der Waals surface area contributed by atoms with Gasteiger partial charge in [0.25, 0.3) is 11.8 Å². The highest BCUT2D eigenvalue weighted by molar-refractivity contribution is 6.04. The van der Waals surface area contributed by atoms with Crippen molar-refractivity contribution in [1.82, 2.24) is 10.3 Å². The summed E-state index contributed by atoms with van der Waals surface area (Å²) < 4.78 is 45.3.